The van der Waals surface area contributed by atoms with E-state index in [9.17, 15) is 9.18 Å². The zero-order chi connectivity index (χ0) is 19.8. The number of para-hydroxylation sites is 1. The van der Waals surface area contributed by atoms with Crippen LogP contribution in [0.1, 0.15) is 31.2 Å². The molecule has 146 valence electrons. The molecule has 1 aliphatic rings. The Morgan fingerprint density at radius 3 is 2.68 bits per heavy atom. The molecular formula is C23H26FN3O. The summed E-state index contributed by atoms with van der Waals surface area (Å²) >= 11 is 0. The minimum absolute atomic E-state index is 0.146. The minimum Gasteiger partial charge on any atom is -0.308 e. The fourth-order valence-electron chi connectivity index (χ4n) is 3.88. The van der Waals surface area contributed by atoms with Crippen LogP contribution in [0.3, 0.4) is 0 Å². The van der Waals surface area contributed by atoms with E-state index in [2.05, 4.69) is 23.1 Å². The number of aryl methyl sites for hydroxylation is 1. The van der Waals surface area contributed by atoms with Crippen LogP contribution in [-0.4, -0.2) is 36.5 Å². The highest BCUT2D eigenvalue weighted by Gasteiger charge is 2.28. The first-order valence-electron chi connectivity index (χ1n) is 9.89. The van der Waals surface area contributed by atoms with Crippen molar-refractivity contribution >= 4 is 11.6 Å². The van der Waals surface area contributed by atoms with Crippen molar-refractivity contribution in [2.24, 2.45) is 0 Å². The molecule has 0 saturated carbocycles. The Morgan fingerprint density at radius 2 is 1.93 bits per heavy atom. The molecule has 0 unspecified atom stereocenters. The molecule has 0 aromatic heterocycles. The zero-order valence-electron chi connectivity index (χ0n) is 16.1. The monoisotopic (exact) mass is 379 g/mol. The number of carbonyl (C=O) groups is 1. The third-order valence-electron chi connectivity index (χ3n) is 5.34. The average Bonchev–Trinajstić information content (AvgIpc) is 3.15. The summed E-state index contributed by atoms with van der Waals surface area (Å²) < 4.78 is 14.2. The highest BCUT2D eigenvalue weighted by Crippen LogP contribution is 2.24. The van der Waals surface area contributed by atoms with Crippen molar-refractivity contribution in [3.05, 3.63) is 66.0 Å². The van der Waals surface area contributed by atoms with Gasteiger partial charge in [0.05, 0.1) is 24.7 Å². The van der Waals surface area contributed by atoms with Crippen LogP contribution in [0.5, 0.6) is 0 Å². The Balaban J connectivity index is 1.64. The Morgan fingerprint density at radius 1 is 1.18 bits per heavy atom. The molecule has 3 rings (SSSR count). The van der Waals surface area contributed by atoms with E-state index in [1.807, 2.05) is 18.2 Å². The maximum Gasteiger partial charge on any atom is 0.241 e. The van der Waals surface area contributed by atoms with Crippen molar-refractivity contribution in [1.82, 2.24) is 4.90 Å². The van der Waals surface area contributed by atoms with Crippen molar-refractivity contribution in [3.63, 3.8) is 0 Å². The normalized spacial score (nSPS) is 16.6. The van der Waals surface area contributed by atoms with Crippen LogP contribution in [-0.2, 0) is 11.2 Å². The first-order chi connectivity index (χ1) is 13.7. The van der Waals surface area contributed by atoms with Gasteiger partial charge in [0.1, 0.15) is 5.82 Å². The molecule has 4 nitrogen and oxygen atoms in total. The van der Waals surface area contributed by atoms with E-state index in [1.54, 1.807) is 18.2 Å². The molecule has 28 heavy (non-hydrogen) atoms. The first kappa shape index (κ1) is 20.0. The minimum atomic E-state index is -0.434. The number of rotatable bonds is 8. The molecule has 1 saturated heterocycles. The highest BCUT2D eigenvalue weighted by atomic mass is 19.1. The van der Waals surface area contributed by atoms with Gasteiger partial charge < -0.3 is 4.90 Å². The number of hydrogen-bond donors (Lipinski definition) is 0. The number of nitriles is 1. The Hall–Kier alpha value is -2.71. The van der Waals surface area contributed by atoms with Crippen LogP contribution in [0.2, 0.25) is 0 Å². The van der Waals surface area contributed by atoms with Crippen LogP contribution < -0.4 is 4.90 Å². The number of likely N-dealkylation sites (tertiary alicyclic amines) is 1. The molecule has 0 bridgehead atoms. The fraction of sp³-hybridized carbons (Fsp3) is 0.391. The van der Waals surface area contributed by atoms with Gasteiger partial charge in [-0.1, -0.05) is 42.5 Å². The van der Waals surface area contributed by atoms with E-state index < -0.39 is 5.82 Å². The van der Waals surface area contributed by atoms with Gasteiger partial charge in [-0.05, 0) is 49.9 Å². The smallest absolute Gasteiger partial charge is 0.241 e. The summed E-state index contributed by atoms with van der Waals surface area (Å²) in [5.74, 6) is -0.581. The average molecular weight is 379 g/mol. The fourth-order valence-corrected chi connectivity index (χ4v) is 3.88. The second-order valence-corrected chi connectivity index (χ2v) is 7.20. The number of anilines is 1. The number of carbonyl (C=O) groups excluding carboxylic acids is 1. The number of benzene rings is 2. The summed E-state index contributed by atoms with van der Waals surface area (Å²) in [6.45, 7) is 1.35. The highest BCUT2D eigenvalue weighted by molar-refractivity contribution is 5.95. The second kappa shape index (κ2) is 10.0. The van der Waals surface area contributed by atoms with E-state index in [0.29, 0.717) is 6.04 Å². The first-order valence-corrected chi connectivity index (χ1v) is 9.89. The number of hydrogen-bond acceptors (Lipinski definition) is 3. The largest absolute Gasteiger partial charge is 0.308 e. The second-order valence-electron chi connectivity index (χ2n) is 7.20. The van der Waals surface area contributed by atoms with Gasteiger partial charge in [-0.3, -0.25) is 9.69 Å². The predicted octanol–water partition coefficient (Wildman–Crippen LogP) is 4.17. The van der Waals surface area contributed by atoms with Gasteiger partial charge in [0.25, 0.3) is 0 Å². The van der Waals surface area contributed by atoms with E-state index in [0.717, 1.165) is 32.2 Å². The maximum atomic E-state index is 14.2. The predicted molar refractivity (Wildman–Crippen MR) is 108 cm³/mol. The standard InChI is InChI=1S/C23H26FN3O/c24-21-11-4-5-12-22(21)27(17-7-15-25)23(28)18-26-16-6-10-20(26)14-13-19-8-2-1-3-9-19/h1-5,8-9,11-12,20H,6-7,10,13-14,16-18H2/t20-/m1/s1. The lowest BCUT2D eigenvalue weighted by Crippen LogP contribution is -2.43. The van der Waals surface area contributed by atoms with Gasteiger partial charge in [-0.2, -0.15) is 5.26 Å². The molecule has 1 aliphatic heterocycles. The van der Waals surface area contributed by atoms with E-state index >= 15 is 0 Å². The van der Waals surface area contributed by atoms with E-state index in [-0.39, 0.29) is 31.1 Å². The molecule has 1 atom stereocenters. The van der Waals surface area contributed by atoms with Crippen molar-refractivity contribution in [2.45, 2.75) is 38.1 Å². The molecule has 5 heteroatoms. The molecule has 0 radical (unpaired) electrons. The zero-order valence-corrected chi connectivity index (χ0v) is 16.1. The van der Waals surface area contributed by atoms with Crippen LogP contribution >= 0.6 is 0 Å². The van der Waals surface area contributed by atoms with Crippen molar-refractivity contribution in [1.29, 1.82) is 5.26 Å². The van der Waals surface area contributed by atoms with Crippen molar-refractivity contribution in [2.75, 3.05) is 24.5 Å². The molecule has 0 spiro atoms. The van der Waals surface area contributed by atoms with Crippen molar-refractivity contribution in [3.8, 4) is 6.07 Å². The lowest BCUT2D eigenvalue weighted by Gasteiger charge is -2.28. The molecule has 2 aromatic carbocycles. The number of amides is 1. The van der Waals surface area contributed by atoms with Gasteiger partial charge in [0.15, 0.2) is 0 Å². The van der Waals surface area contributed by atoms with Crippen LogP contribution in [0.25, 0.3) is 0 Å². The molecule has 2 aromatic rings. The van der Waals surface area contributed by atoms with Gasteiger partial charge >= 0.3 is 0 Å². The molecule has 1 amide bonds. The van der Waals surface area contributed by atoms with Gasteiger partial charge in [-0.25, -0.2) is 4.39 Å². The molecule has 0 aliphatic carbocycles. The van der Waals surface area contributed by atoms with E-state index in [1.165, 1.54) is 16.5 Å². The van der Waals surface area contributed by atoms with Gasteiger partial charge in [0, 0.05) is 12.6 Å². The van der Waals surface area contributed by atoms with Gasteiger partial charge in [-0.15, -0.1) is 0 Å². The van der Waals surface area contributed by atoms with Crippen LogP contribution in [0.15, 0.2) is 54.6 Å². The quantitative estimate of drug-likeness (QED) is 0.692. The number of nitrogens with zero attached hydrogens (tertiary/aromatic N) is 3. The summed E-state index contributed by atoms with van der Waals surface area (Å²) in [7, 11) is 0. The Labute approximate surface area is 166 Å². The summed E-state index contributed by atoms with van der Waals surface area (Å²) in [5, 5.41) is 8.93. The Bertz CT molecular complexity index is 818. The summed E-state index contributed by atoms with van der Waals surface area (Å²) in [6, 6.07) is 19.1. The maximum absolute atomic E-state index is 14.2. The summed E-state index contributed by atoms with van der Waals surface area (Å²) in [5.41, 5.74) is 1.56. The summed E-state index contributed by atoms with van der Waals surface area (Å²) in [6.07, 6.45) is 4.33. The molecule has 1 fully saturated rings. The van der Waals surface area contributed by atoms with Crippen LogP contribution in [0.4, 0.5) is 10.1 Å². The molecule has 1 heterocycles. The summed E-state index contributed by atoms with van der Waals surface area (Å²) in [4.78, 5) is 16.6. The van der Waals surface area contributed by atoms with Crippen LogP contribution in [0, 0.1) is 17.1 Å². The lowest BCUT2D eigenvalue weighted by molar-refractivity contribution is -0.120. The van der Waals surface area contributed by atoms with Gasteiger partial charge in [0.2, 0.25) is 5.91 Å². The van der Waals surface area contributed by atoms with Crippen molar-refractivity contribution < 1.29 is 9.18 Å². The molecule has 0 N–H and O–H groups in total. The lowest BCUT2D eigenvalue weighted by atomic mass is 10.0. The molecular weight excluding hydrogens is 353 g/mol. The van der Waals surface area contributed by atoms with E-state index in [4.69, 9.17) is 5.26 Å². The topological polar surface area (TPSA) is 47.3 Å². The third kappa shape index (κ3) is 5.17. The SMILES string of the molecule is N#CCCN(C(=O)CN1CCC[C@@H]1CCc1ccccc1)c1ccccc1F. The Kier molecular flexibility index (Phi) is 7.16. The number of halogens is 1. The third-order valence-corrected chi connectivity index (χ3v) is 5.34.